The Morgan fingerprint density at radius 1 is 1.28 bits per heavy atom. The van der Waals surface area contributed by atoms with Crippen molar-refractivity contribution in [1.82, 2.24) is 5.32 Å². The molecule has 1 amide bonds. The number of benzene rings is 1. The Bertz CT molecular complexity index is 649. The number of alkyl halides is 5. The molecule has 25 heavy (non-hydrogen) atoms. The van der Waals surface area contributed by atoms with Crippen LogP contribution in [-0.2, 0) is 9.59 Å². The summed E-state index contributed by atoms with van der Waals surface area (Å²) in [7, 11) is 0. The minimum atomic E-state index is -4.89. The molecule has 2 N–H and O–H groups in total. The summed E-state index contributed by atoms with van der Waals surface area (Å²) < 4.78 is 65.8. The lowest BCUT2D eigenvalue weighted by atomic mass is 10.1. The maximum atomic E-state index is 12.4. The van der Waals surface area contributed by atoms with Crippen LogP contribution in [0.25, 0.3) is 0 Å². The second kappa shape index (κ2) is 7.24. The molecule has 3 unspecified atom stereocenters. The fourth-order valence-corrected chi connectivity index (χ4v) is 2.51. The van der Waals surface area contributed by atoms with Gasteiger partial charge in [-0.2, -0.15) is 0 Å². The van der Waals surface area contributed by atoms with Gasteiger partial charge in [0.1, 0.15) is 11.8 Å². The first-order valence-electron chi connectivity index (χ1n) is 7.24. The molecule has 0 bridgehead atoms. The quantitative estimate of drug-likeness (QED) is 0.727. The monoisotopic (exact) mass is 367 g/mol. The summed E-state index contributed by atoms with van der Waals surface area (Å²) in [6.07, 6.45) is -8.69. The molecule has 2 rings (SSSR count). The van der Waals surface area contributed by atoms with E-state index >= 15 is 0 Å². The Hall–Kier alpha value is -2.39. The van der Waals surface area contributed by atoms with E-state index in [0.29, 0.717) is 0 Å². The molecule has 1 saturated carbocycles. The van der Waals surface area contributed by atoms with Crippen molar-refractivity contribution in [2.75, 3.05) is 0 Å². The van der Waals surface area contributed by atoms with Crippen molar-refractivity contribution in [3.05, 3.63) is 29.8 Å². The first kappa shape index (κ1) is 18.9. The zero-order valence-corrected chi connectivity index (χ0v) is 12.6. The van der Waals surface area contributed by atoms with E-state index in [4.69, 9.17) is 5.11 Å². The van der Waals surface area contributed by atoms with E-state index in [2.05, 4.69) is 4.74 Å². The predicted octanol–water partition coefficient (Wildman–Crippen LogP) is 2.91. The SMILES string of the molecule is O=C(O)C(CC(F)F)NC(=O)C1CC1c1ccccc1OC(F)(F)F. The topological polar surface area (TPSA) is 75.6 Å². The Morgan fingerprint density at radius 3 is 2.48 bits per heavy atom. The van der Waals surface area contributed by atoms with Crippen LogP contribution in [-0.4, -0.2) is 35.8 Å². The van der Waals surface area contributed by atoms with Crippen molar-refractivity contribution < 1.29 is 41.4 Å². The molecule has 10 heteroatoms. The van der Waals surface area contributed by atoms with Gasteiger partial charge in [0.15, 0.2) is 0 Å². The van der Waals surface area contributed by atoms with Gasteiger partial charge in [-0.3, -0.25) is 4.79 Å². The van der Waals surface area contributed by atoms with Gasteiger partial charge in [0.25, 0.3) is 0 Å². The molecule has 0 saturated heterocycles. The number of halogens is 5. The van der Waals surface area contributed by atoms with Crippen LogP contribution < -0.4 is 10.1 Å². The van der Waals surface area contributed by atoms with Gasteiger partial charge < -0.3 is 15.2 Å². The number of hydrogen-bond acceptors (Lipinski definition) is 3. The fourth-order valence-electron chi connectivity index (χ4n) is 2.51. The lowest BCUT2D eigenvalue weighted by molar-refractivity contribution is -0.274. The molecule has 0 aromatic heterocycles. The third kappa shape index (κ3) is 5.30. The number of aliphatic carboxylic acids is 1. The molecule has 0 spiro atoms. The van der Waals surface area contributed by atoms with Crippen molar-refractivity contribution in [2.45, 2.75) is 37.6 Å². The average Bonchev–Trinajstić information content (AvgIpc) is 3.25. The van der Waals surface area contributed by atoms with Crippen LogP contribution in [0.2, 0.25) is 0 Å². The highest BCUT2D eigenvalue weighted by molar-refractivity contribution is 5.87. The first-order chi connectivity index (χ1) is 11.6. The number of carbonyl (C=O) groups excluding carboxylic acids is 1. The number of rotatable bonds is 7. The highest BCUT2D eigenvalue weighted by Gasteiger charge is 2.47. The minimum absolute atomic E-state index is 0.153. The number of para-hydroxylation sites is 1. The number of hydrogen-bond donors (Lipinski definition) is 2. The summed E-state index contributed by atoms with van der Waals surface area (Å²) in [6, 6.07) is 3.53. The van der Waals surface area contributed by atoms with E-state index in [9.17, 15) is 31.5 Å². The Morgan fingerprint density at radius 2 is 1.92 bits per heavy atom. The van der Waals surface area contributed by atoms with Crippen LogP contribution in [0, 0.1) is 5.92 Å². The van der Waals surface area contributed by atoms with Gasteiger partial charge in [-0.05, 0) is 24.0 Å². The molecule has 1 aliphatic carbocycles. The van der Waals surface area contributed by atoms with Crippen molar-refractivity contribution in [3.63, 3.8) is 0 Å². The van der Waals surface area contributed by atoms with Gasteiger partial charge in [0.2, 0.25) is 12.3 Å². The first-order valence-corrected chi connectivity index (χ1v) is 7.24. The summed E-state index contributed by atoms with van der Waals surface area (Å²) >= 11 is 0. The van der Waals surface area contributed by atoms with E-state index in [0.717, 1.165) is 6.07 Å². The van der Waals surface area contributed by atoms with Crippen molar-refractivity contribution in [3.8, 4) is 5.75 Å². The van der Waals surface area contributed by atoms with E-state index in [-0.39, 0.29) is 12.0 Å². The lowest BCUT2D eigenvalue weighted by Crippen LogP contribution is -2.42. The largest absolute Gasteiger partial charge is 0.573 e. The maximum absolute atomic E-state index is 12.4. The lowest BCUT2D eigenvalue weighted by Gasteiger charge is -2.15. The molecule has 0 heterocycles. The van der Waals surface area contributed by atoms with Crippen molar-refractivity contribution >= 4 is 11.9 Å². The zero-order valence-electron chi connectivity index (χ0n) is 12.6. The van der Waals surface area contributed by atoms with Gasteiger partial charge in [0.05, 0.1) is 0 Å². The van der Waals surface area contributed by atoms with Crippen LogP contribution >= 0.6 is 0 Å². The molecule has 1 aliphatic rings. The molecule has 0 aliphatic heterocycles. The van der Waals surface area contributed by atoms with Crippen molar-refractivity contribution in [1.29, 1.82) is 0 Å². The van der Waals surface area contributed by atoms with Gasteiger partial charge in [0, 0.05) is 12.3 Å². The maximum Gasteiger partial charge on any atom is 0.573 e. The number of amides is 1. The van der Waals surface area contributed by atoms with Crippen molar-refractivity contribution in [2.24, 2.45) is 5.92 Å². The molecule has 0 radical (unpaired) electrons. The van der Waals surface area contributed by atoms with Crippen LogP contribution in [0.4, 0.5) is 22.0 Å². The number of nitrogens with one attached hydrogen (secondary N) is 1. The molecule has 1 aromatic rings. The molecule has 5 nitrogen and oxygen atoms in total. The summed E-state index contributed by atoms with van der Waals surface area (Å²) in [4.78, 5) is 22.9. The van der Waals surface area contributed by atoms with Crippen LogP contribution in [0.5, 0.6) is 5.75 Å². The Balaban J connectivity index is 2.05. The van der Waals surface area contributed by atoms with Crippen LogP contribution in [0.3, 0.4) is 0 Å². The number of carboxylic acids is 1. The summed E-state index contributed by atoms with van der Waals surface area (Å²) in [5, 5.41) is 10.8. The molecule has 138 valence electrons. The minimum Gasteiger partial charge on any atom is -0.480 e. The smallest absolute Gasteiger partial charge is 0.480 e. The van der Waals surface area contributed by atoms with Gasteiger partial charge >= 0.3 is 12.3 Å². The van der Waals surface area contributed by atoms with Gasteiger partial charge in [-0.15, -0.1) is 13.2 Å². The fraction of sp³-hybridized carbons (Fsp3) is 0.467. The second-order valence-corrected chi connectivity index (χ2v) is 5.56. The van der Waals surface area contributed by atoms with Crippen LogP contribution in [0.1, 0.15) is 24.3 Å². The molecule has 3 atom stereocenters. The van der Waals surface area contributed by atoms with Gasteiger partial charge in [-0.25, -0.2) is 13.6 Å². The van der Waals surface area contributed by atoms with E-state index in [1.165, 1.54) is 18.2 Å². The van der Waals surface area contributed by atoms with E-state index in [1.54, 1.807) is 0 Å². The molecule has 1 fully saturated rings. The average molecular weight is 367 g/mol. The third-order valence-electron chi connectivity index (χ3n) is 3.70. The Kier molecular flexibility index (Phi) is 5.48. The van der Waals surface area contributed by atoms with E-state index < -0.39 is 54.7 Å². The highest BCUT2D eigenvalue weighted by Crippen LogP contribution is 2.51. The number of carboxylic acid groups (broad SMARTS) is 1. The van der Waals surface area contributed by atoms with E-state index in [1.807, 2.05) is 5.32 Å². The summed E-state index contributed by atoms with van der Waals surface area (Å²) in [5.41, 5.74) is 0.153. The van der Waals surface area contributed by atoms with Gasteiger partial charge in [-0.1, -0.05) is 18.2 Å². The molecular formula is C15H14F5NO4. The second-order valence-electron chi connectivity index (χ2n) is 5.56. The molecule has 1 aromatic carbocycles. The molecular weight excluding hydrogens is 353 g/mol. The van der Waals surface area contributed by atoms with Crippen LogP contribution in [0.15, 0.2) is 24.3 Å². The number of carbonyl (C=O) groups is 2. The highest BCUT2D eigenvalue weighted by atomic mass is 19.4. The summed E-state index contributed by atoms with van der Waals surface area (Å²) in [6.45, 7) is 0. The summed E-state index contributed by atoms with van der Waals surface area (Å²) in [5.74, 6) is -4.23. The third-order valence-corrected chi connectivity index (χ3v) is 3.70. The standard InChI is InChI=1S/C15H14F5NO4/c16-12(17)6-10(14(23)24)21-13(22)9-5-8(9)7-3-1-2-4-11(7)25-15(18,19)20/h1-4,8-10,12H,5-6H2,(H,21,22)(H,23,24). The Labute approximate surface area is 138 Å². The number of ether oxygens (including phenoxy) is 1. The normalized spacial score (nSPS) is 20.9. The predicted molar refractivity (Wildman–Crippen MR) is 74.2 cm³/mol. The zero-order chi connectivity index (χ0) is 18.8.